The summed E-state index contributed by atoms with van der Waals surface area (Å²) in [5.74, 6) is -0.203. The summed E-state index contributed by atoms with van der Waals surface area (Å²) in [5.41, 5.74) is 4.32. The van der Waals surface area contributed by atoms with Crippen LogP contribution in [0.2, 0.25) is 0 Å². The first-order chi connectivity index (χ1) is 12.1. The number of imidazole rings is 1. The van der Waals surface area contributed by atoms with Crippen LogP contribution in [-0.2, 0) is 0 Å². The van der Waals surface area contributed by atoms with Crippen LogP contribution >= 0.6 is 0 Å². The van der Waals surface area contributed by atoms with Crippen LogP contribution in [0, 0.1) is 6.92 Å². The quantitative estimate of drug-likeness (QED) is 0.538. The molecule has 0 aliphatic carbocycles. The van der Waals surface area contributed by atoms with Crippen molar-refractivity contribution in [1.29, 1.82) is 0 Å². The fraction of sp³-hybridized carbons (Fsp3) is 0.0526. The molecule has 0 bridgehead atoms. The van der Waals surface area contributed by atoms with Gasteiger partial charge in [-0.2, -0.15) is 0 Å². The number of aromatic nitrogens is 3. The minimum Gasteiger partial charge on any atom is -0.324 e. The Morgan fingerprint density at radius 1 is 1.00 bits per heavy atom. The van der Waals surface area contributed by atoms with E-state index in [1.807, 2.05) is 48.1 Å². The number of aromatic amines is 2. The third-order valence-electron chi connectivity index (χ3n) is 4.13. The van der Waals surface area contributed by atoms with Gasteiger partial charge in [0, 0.05) is 29.3 Å². The van der Waals surface area contributed by atoms with Crippen molar-refractivity contribution in [1.82, 2.24) is 14.5 Å². The average Bonchev–Trinajstić information content (AvgIpc) is 3.23. The first-order valence-corrected chi connectivity index (χ1v) is 7.87. The molecule has 124 valence electrons. The van der Waals surface area contributed by atoms with Gasteiger partial charge in [-0.3, -0.25) is 4.79 Å². The Kier molecular flexibility index (Phi) is 3.50. The molecule has 2 heterocycles. The number of carbonyl (C=O) groups is 1. The van der Waals surface area contributed by atoms with E-state index < -0.39 is 0 Å². The van der Waals surface area contributed by atoms with E-state index in [0.29, 0.717) is 22.3 Å². The molecule has 2 aromatic carbocycles. The largest absolute Gasteiger partial charge is 0.324 e. The molecule has 0 saturated heterocycles. The molecule has 6 heteroatoms. The van der Waals surface area contributed by atoms with Crippen molar-refractivity contribution in [2.45, 2.75) is 6.92 Å². The molecule has 0 spiro atoms. The summed E-state index contributed by atoms with van der Waals surface area (Å²) in [6.07, 6.45) is 3.89. The second-order valence-electron chi connectivity index (χ2n) is 5.89. The van der Waals surface area contributed by atoms with Crippen LogP contribution in [0.5, 0.6) is 0 Å². The van der Waals surface area contributed by atoms with Crippen molar-refractivity contribution < 1.29 is 4.79 Å². The number of anilines is 1. The maximum absolute atomic E-state index is 12.6. The van der Waals surface area contributed by atoms with Gasteiger partial charge in [0.05, 0.1) is 11.0 Å². The number of carbonyl (C=O) groups excluding carboxylic acids is 1. The number of nitrogens with zero attached hydrogens (tertiary/aromatic N) is 1. The molecule has 0 radical (unpaired) electrons. The molecule has 25 heavy (non-hydrogen) atoms. The summed E-state index contributed by atoms with van der Waals surface area (Å²) in [6, 6.07) is 14.7. The van der Waals surface area contributed by atoms with E-state index >= 15 is 0 Å². The predicted octanol–water partition coefficient (Wildman–Crippen LogP) is 3.21. The fourth-order valence-electron chi connectivity index (χ4n) is 2.84. The predicted molar refractivity (Wildman–Crippen MR) is 97.4 cm³/mol. The van der Waals surface area contributed by atoms with Gasteiger partial charge in [-0.15, -0.1) is 0 Å². The molecule has 2 aromatic heterocycles. The van der Waals surface area contributed by atoms with Gasteiger partial charge in [-0.1, -0.05) is 6.07 Å². The number of rotatable bonds is 3. The second-order valence-corrected chi connectivity index (χ2v) is 5.89. The molecule has 0 aliphatic rings. The average molecular weight is 332 g/mol. The van der Waals surface area contributed by atoms with Crippen molar-refractivity contribution in [3.63, 3.8) is 0 Å². The smallest absolute Gasteiger partial charge is 0.323 e. The highest BCUT2D eigenvalue weighted by Crippen LogP contribution is 2.19. The van der Waals surface area contributed by atoms with E-state index in [9.17, 15) is 9.59 Å². The van der Waals surface area contributed by atoms with Crippen LogP contribution in [-0.4, -0.2) is 20.4 Å². The van der Waals surface area contributed by atoms with Gasteiger partial charge >= 0.3 is 5.69 Å². The molecule has 0 aliphatic heterocycles. The van der Waals surface area contributed by atoms with Gasteiger partial charge in [-0.05, 0) is 55.0 Å². The first-order valence-electron chi connectivity index (χ1n) is 7.87. The molecule has 0 atom stereocenters. The van der Waals surface area contributed by atoms with Crippen LogP contribution in [0.3, 0.4) is 0 Å². The molecule has 6 nitrogen and oxygen atoms in total. The van der Waals surface area contributed by atoms with Crippen molar-refractivity contribution in [2.75, 3.05) is 5.32 Å². The zero-order valence-electron chi connectivity index (χ0n) is 13.5. The lowest BCUT2D eigenvalue weighted by atomic mass is 10.1. The van der Waals surface area contributed by atoms with Gasteiger partial charge < -0.3 is 19.9 Å². The van der Waals surface area contributed by atoms with Gasteiger partial charge in [0.25, 0.3) is 5.91 Å². The molecular formula is C19H16N4O2. The molecule has 1 amide bonds. The van der Waals surface area contributed by atoms with E-state index in [1.54, 1.807) is 24.3 Å². The summed E-state index contributed by atoms with van der Waals surface area (Å²) in [4.78, 5) is 29.3. The molecule has 4 rings (SSSR count). The second kappa shape index (κ2) is 5.83. The summed E-state index contributed by atoms with van der Waals surface area (Å²) in [6.45, 7) is 2.01. The topological polar surface area (TPSA) is 82.7 Å². The lowest BCUT2D eigenvalue weighted by molar-refractivity contribution is 0.102. The van der Waals surface area contributed by atoms with Gasteiger partial charge in [-0.25, -0.2) is 4.79 Å². The Bertz CT molecular complexity index is 1120. The zero-order chi connectivity index (χ0) is 17.4. The van der Waals surface area contributed by atoms with Crippen LogP contribution in [0.1, 0.15) is 15.9 Å². The summed E-state index contributed by atoms with van der Waals surface area (Å²) >= 11 is 0. The van der Waals surface area contributed by atoms with Gasteiger partial charge in [0.2, 0.25) is 0 Å². The Balaban J connectivity index is 1.64. The minimum atomic E-state index is -0.270. The van der Waals surface area contributed by atoms with Gasteiger partial charge in [0.15, 0.2) is 0 Å². The van der Waals surface area contributed by atoms with Gasteiger partial charge in [0.1, 0.15) is 0 Å². The minimum absolute atomic E-state index is 0.203. The maximum Gasteiger partial charge on any atom is 0.323 e. The number of hydrogen-bond acceptors (Lipinski definition) is 2. The van der Waals surface area contributed by atoms with E-state index in [2.05, 4.69) is 15.3 Å². The summed E-state index contributed by atoms with van der Waals surface area (Å²) in [7, 11) is 0. The van der Waals surface area contributed by atoms with Crippen LogP contribution in [0.4, 0.5) is 5.69 Å². The van der Waals surface area contributed by atoms with Crippen molar-refractivity contribution in [3.05, 3.63) is 82.5 Å². The number of hydrogen-bond donors (Lipinski definition) is 3. The molecule has 3 N–H and O–H groups in total. The fourth-order valence-corrected chi connectivity index (χ4v) is 2.84. The standard InChI is InChI=1S/C19H16N4O2/c1-12-4-5-13(10-17(12)23-8-2-3-9-23)18(24)20-14-6-7-15-16(11-14)22-19(25)21-15/h2-11H,1H3,(H,20,24)(H2,21,22,25). The first kappa shape index (κ1) is 15.0. The molecule has 0 fully saturated rings. The highest BCUT2D eigenvalue weighted by Gasteiger charge is 2.10. The normalized spacial score (nSPS) is 10.9. The van der Waals surface area contributed by atoms with Crippen LogP contribution in [0.25, 0.3) is 16.7 Å². The third kappa shape index (κ3) is 2.85. The number of benzene rings is 2. The van der Waals surface area contributed by atoms with Crippen LogP contribution in [0.15, 0.2) is 65.7 Å². The highest BCUT2D eigenvalue weighted by atomic mass is 16.2. The van der Waals surface area contributed by atoms with Crippen molar-refractivity contribution in [2.24, 2.45) is 0 Å². The van der Waals surface area contributed by atoms with E-state index in [0.717, 1.165) is 11.3 Å². The van der Waals surface area contributed by atoms with E-state index in [4.69, 9.17) is 0 Å². The molecule has 0 saturated carbocycles. The maximum atomic E-state index is 12.6. The van der Waals surface area contributed by atoms with E-state index in [-0.39, 0.29) is 11.6 Å². The molecular weight excluding hydrogens is 316 g/mol. The lowest BCUT2D eigenvalue weighted by Gasteiger charge is -2.11. The summed E-state index contributed by atoms with van der Waals surface area (Å²) < 4.78 is 1.97. The van der Waals surface area contributed by atoms with Crippen LogP contribution < -0.4 is 11.0 Å². The number of fused-ring (bicyclic) bond motifs is 1. The zero-order valence-corrected chi connectivity index (χ0v) is 13.5. The Labute approximate surface area is 143 Å². The number of amides is 1. The van der Waals surface area contributed by atoms with E-state index in [1.165, 1.54) is 0 Å². The number of H-pyrrole nitrogens is 2. The monoisotopic (exact) mass is 332 g/mol. The molecule has 4 aromatic rings. The number of nitrogens with one attached hydrogen (secondary N) is 3. The summed E-state index contributed by atoms with van der Waals surface area (Å²) in [5, 5.41) is 2.87. The van der Waals surface area contributed by atoms with Crippen molar-refractivity contribution in [3.8, 4) is 5.69 Å². The third-order valence-corrected chi connectivity index (χ3v) is 4.13. The number of aryl methyl sites for hydroxylation is 1. The SMILES string of the molecule is Cc1ccc(C(=O)Nc2ccc3[nH]c(=O)[nH]c3c2)cc1-n1cccc1. The Morgan fingerprint density at radius 2 is 1.76 bits per heavy atom. The lowest BCUT2D eigenvalue weighted by Crippen LogP contribution is -2.12. The Morgan fingerprint density at radius 3 is 2.56 bits per heavy atom. The Hall–Kier alpha value is -3.54. The molecule has 0 unspecified atom stereocenters. The highest BCUT2D eigenvalue weighted by molar-refractivity contribution is 6.05. The van der Waals surface area contributed by atoms with Crippen molar-refractivity contribution >= 4 is 22.6 Å².